The minimum absolute atomic E-state index is 0.520. The maximum Gasteiger partial charge on any atom is 0.0528 e. The van der Waals surface area contributed by atoms with Gasteiger partial charge in [-0.05, 0) is 12.8 Å². The lowest BCUT2D eigenvalue weighted by atomic mass is 10.0. The number of rotatable bonds is 9. The van der Waals surface area contributed by atoms with E-state index in [1.54, 1.807) is 0 Å². The first-order valence-electron chi connectivity index (χ1n) is 5.97. The first-order valence-corrected chi connectivity index (χ1v) is 5.97. The molecular formula is C13H26O. The molecule has 0 spiro atoms. The highest BCUT2D eigenvalue weighted by Gasteiger charge is 2.04. The van der Waals surface area contributed by atoms with Crippen molar-refractivity contribution in [3.63, 3.8) is 0 Å². The van der Waals surface area contributed by atoms with E-state index in [2.05, 4.69) is 27.4 Å². The van der Waals surface area contributed by atoms with Crippen molar-refractivity contribution in [1.82, 2.24) is 0 Å². The quantitative estimate of drug-likeness (QED) is 0.399. The second-order valence-corrected chi connectivity index (χ2v) is 4.05. The van der Waals surface area contributed by atoms with Crippen molar-refractivity contribution < 1.29 is 4.74 Å². The van der Waals surface area contributed by atoms with Crippen molar-refractivity contribution in [3.05, 3.63) is 12.2 Å². The summed E-state index contributed by atoms with van der Waals surface area (Å²) in [5.41, 5.74) is 1.30. The van der Waals surface area contributed by atoms with Crippen LogP contribution >= 0.6 is 0 Å². The van der Waals surface area contributed by atoms with Gasteiger partial charge in [0.2, 0.25) is 0 Å². The molecule has 0 aliphatic carbocycles. The summed E-state index contributed by atoms with van der Waals surface area (Å²) in [7, 11) is 0. The number of hydrogen-bond acceptors (Lipinski definition) is 1. The van der Waals surface area contributed by atoms with E-state index in [0.717, 1.165) is 19.6 Å². The van der Waals surface area contributed by atoms with E-state index in [0.29, 0.717) is 5.92 Å². The minimum atomic E-state index is 0.520. The molecule has 1 heteroatoms. The van der Waals surface area contributed by atoms with Gasteiger partial charge in [0.25, 0.3) is 0 Å². The molecular weight excluding hydrogens is 172 g/mol. The minimum Gasteiger partial charge on any atom is -0.381 e. The Kier molecular flexibility index (Phi) is 9.06. The van der Waals surface area contributed by atoms with Gasteiger partial charge >= 0.3 is 0 Å². The fourth-order valence-corrected chi connectivity index (χ4v) is 1.36. The lowest BCUT2D eigenvalue weighted by molar-refractivity contribution is 0.110. The first-order chi connectivity index (χ1) is 6.72. The molecule has 0 amide bonds. The van der Waals surface area contributed by atoms with E-state index >= 15 is 0 Å². The number of ether oxygens (including phenoxy) is 1. The Bertz CT molecular complexity index is 140. The summed E-state index contributed by atoms with van der Waals surface area (Å²) in [5, 5.41) is 0. The van der Waals surface area contributed by atoms with Crippen molar-refractivity contribution in [1.29, 1.82) is 0 Å². The van der Waals surface area contributed by atoms with Crippen LogP contribution in [0.25, 0.3) is 0 Å². The smallest absolute Gasteiger partial charge is 0.0528 e. The van der Waals surface area contributed by atoms with E-state index in [1.807, 2.05) is 0 Å². The SMILES string of the molecule is C=C(CC)[C@H](C)COCCCCCC. The van der Waals surface area contributed by atoms with E-state index in [9.17, 15) is 0 Å². The average molecular weight is 198 g/mol. The summed E-state index contributed by atoms with van der Waals surface area (Å²) in [6, 6.07) is 0. The molecule has 0 saturated carbocycles. The van der Waals surface area contributed by atoms with Gasteiger partial charge in [0.15, 0.2) is 0 Å². The topological polar surface area (TPSA) is 9.23 Å². The molecule has 0 aliphatic heterocycles. The molecule has 1 atom stereocenters. The number of hydrogen-bond donors (Lipinski definition) is 0. The van der Waals surface area contributed by atoms with Crippen molar-refractivity contribution in [3.8, 4) is 0 Å². The predicted octanol–water partition coefficient (Wildman–Crippen LogP) is 4.19. The van der Waals surface area contributed by atoms with Gasteiger partial charge in [-0.25, -0.2) is 0 Å². The van der Waals surface area contributed by atoms with Crippen LogP contribution < -0.4 is 0 Å². The fraction of sp³-hybridized carbons (Fsp3) is 0.846. The third-order valence-corrected chi connectivity index (χ3v) is 2.66. The summed E-state index contributed by atoms with van der Waals surface area (Å²) in [6.45, 7) is 12.4. The summed E-state index contributed by atoms with van der Waals surface area (Å²) in [6.07, 6.45) is 6.21. The van der Waals surface area contributed by atoms with Crippen LogP contribution in [0.15, 0.2) is 12.2 Å². The Labute approximate surface area is 89.5 Å². The van der Waals surface area contributed by atoms with Crippen LogP contribution in [0.2, 0.25) is 0 Å². The van der Waals surface area contributed by atoms with Crippen LogP contribution in [-0.4, -0.2) is 13.2 Å². The van der Waals surface area contributed by atoms with Gasteiger partial charge in [-0.2, -0.15) is 0 Å². The van der Waals surface area contributed by atoms with Crippen LogP contribution in [0, 0.1) is 5.92 Å². The molecule has 0 N–H and O–H groups in total. The molecule has 0 fully saturated rings. The van der Waals surface area contributed by atoms with Crippen molar-refractivity contribution in [2.45, 2.75) is 52.9 Å². The monoisotopic (exact) mass is 198 g/mol. The summed E-state index contributed by atoms with van der Waals surface area (Å²) in [4.78, 5) is 0. The van der Waals surface area contributed by atoms with Gasteiger partial charge in [0.1, 0.15) is 0 Å². The molecule has 0 aliphatic rings. The average Bonchev–Trinajstić information content (AvgIpc) is 2.21. The van der Waals surface area contributed by atoms with Crippen molar-refractivity contribution in [2.75, 3.05) is 13.2 Å². The Morgan fingerprint density at radius 1 is 1.21 bits per heavy atom. The maximum atomic E-state index is 5.60. The Balaban J connectivity index is 3.23. The van der Waals surface area contributed by atoms with Crippen molar-refractivity contribution >= 4 is 0 Å². The molecule has 14 heavy (non-hydrogen) atoms. The second kappa shape index (κ2) is 9.26. The Morgan fingerprint density at radius 3 is 2.50 bits per heavy atom. The van der Waals surface area contributed by atoms with Crippen LogP contribution in [0.4, 0.5) is 0 Å². The molecule has 0 rings (SSSR count). The standard InChI is InChI=1S/C13H26O/c1-5-7-8-9-10-14-11-13(4)12(3)6-2/h13H,3,5-11H2,1-2,4H3/t13-/m1/s1. The maximum absolute atomic E-state index is 5.60. The largest absolute Gasteiger partial charge is 0.381 e. The van der Waals surface area contributed by atoms with Crippen LogP contribution in [0.3, 0.4) is 0 Å². The highest BCUT2D eigenvalue weighted by atomic mass is 16.5. The van der Waals surface area contributed by atoms with E-state index in [1.165, 1.54) is 31.3 Å². The van der Waals surface area contributed by atoms with Gasteiger partial charge in [-0.1, -0.05) is 52.2 Å². The molecule has 1 nitrogen and oxygen atoms in total. The highest BCUT2D eigenvalue weighted by molar-refractivity contribution is 4.97. The molecule has 84 valence electrons. The zero-order valence-electron chi connectivity index (χ0n) is 10.1. The fourth-order valence-electron chi connectivity index (χ4n) is 1.36. The normalized spacial score (nSPS) is 12.8. The van der Waals surface area contributed by atoms with E-state index in [4.69, 9.17) is 4.74 Å². The van der Waals surface area contributed by atoms with Gasteiger partial charge < -0.3 is 4.74 Å². The number of unbranched alkanes of at least 4 members (excludes halogenated alkanes) is 3. The van der Waals surface area contributed by atoms with E-state index < -0.39 is 0 Å². The molecule has 0 bridgehead atoms. The molecule has 0 radical (unpaired) electrons. The summed E-state index contributed by atoms with van der Waals surface area (Å²) in [5.74, 6) is 0.520. The summed E-state index contributed by atoms with van der Waals surface area (Å²) < 4.78 is 5.60. The molecule has 0 aromatic carbocycles. The molecule has 0 heterocycles. The third-order valence-electron chi connectivity index (χ3n) is 2.66. The van der Waals surface area contributed by atoms with Gasteiger partial charge in [-0.3, -0.25) is 0 Å². The van der Waals surface area contributed by atoms with Gasteiger partial charge in [-0.15, -0.1) is 0 Å². The predicted molar refractivity (Wildman–Crippen MR) is 63.6 cm³/mol. The van der Waals surface area contributed by atoms with Crippen molar-refractivity contribution in [2.24, 2.45) is 5.92 Å². The van der Waals surface area contributed by atoms with Gasteiger partial charge in [0, 0.05) is 12.5 Å². The first kappa shape index (κ1) is 13.7. The zero-order valence-corrected chi connectivity index (χ0v) is 10.1. The lowest BCUT2D eigenvalue weighted by Gasteiger charge is -2.13. The van der Waals surface area contributed by atoms with E-state index in [-0.39, 0.29) is 0 Å². The zero-order chi connectivity index (χ0) is 10.8. The van der Waals surface area contributed by atoms with Crippen LogP contribution in [0.1, 0.15) is 52.9 Å². The lowest BCUT2D eigenvalue weighted by Crippen LogP contribution is -2.08. The third kappa shape index (κ3) is 7.14. The Hall–Kier alpha value is -0.300. The Morgan fingerprint density at radius 2 is 1.93 bits per heavy atom. The molecule has 0 aromatic rings. The molecule has 0 aromatic heterocycles. The van der Waals surface area contributed by atoms with Gasteiger partial charge in [0.05, 0.1) is 6.61 Å². The second-order valence-electron chi connectivity index (χ2n) is 4.05. The van der Waals surface area contributed by atoms with Crippen LogP contribution in [-0.2, 0) is 4.74 Å². The molecule has 0 saturated heterocycles. The highest BCUT2D eigenvalue weighted by Crippen LogP contribution is 2.12. The summed E-state index contributed by atoms with van der Waals surface area (Å²) >= 11 is 0. The van der Waals surface area contributed by atoms with Crippen LogP contribution in [0.5, 0.6) is 0 Å². The molecule has 0 unspecified atom stereocenters.